The quantitative estimate of drug-likeness (QED) is 0.738. The molecule has 3 N–H and O–H groups in total. The van der Waals surface area contributed by atoms with Crippen LogP contribution in [0, 0.1) is 0 Å². The Balaban J connectivity index is 1.87. The maximum Gasteiger partial charge on any atom is 0.286 e. The number of aromatic amines is 1. The van der Waals surface area contributed by atoms with Gasteiger partial charge in [0.05, 0.1) is 0 Å². The molecule has 1 aromatic carbocycles. The summed E-state index contributed by atoms with van der Waals surface area (Å²) in [4.78, 5) is 26.3. The van der Waals surface area contributed by atoms with Crippen molar-refractivity contribution in [2.45, 2.75) is 26.2 Å². The predicted molar refractivity (Wildman–Crippen MR) is 80.8 cm³/mol. The number of carbonyl (C=O) groups excluding carboxylic acids is 2. The van der Waals surface area contributed by atoms with E-state index in [1.807, 2.05) is 12.1 Å². The lowest BCUT2D eigenvalue weighted by molar-refractivity contribution is 0.0844. The second-order valence-corrected chi connectivity index (χ2v) is 4.79. The molecule has 110 valence electrons. The molecule has 0 radical (unpaired) electrons. The standard InChI is InChI=1S/C16H19N3O2/c1-2-3-5-12-7-9-13(10-8-12)15(20)18-19-16(21)14-6-4-11-17-14/h4,6-11,17H,2-3,5H2,1H3,(H,18,20)(H,19,21). The second-order valence-electron chi connectivity index (χ2n) is 4.79. The van der Waals surface area contributed by atoms with Crippen molar-refractivity contribution < 1.29 is 9.59 Å². The number of carbonyl (C=O) groups is 2. The van der Waals surface area contributed by atoms with Crippen LogP contribution in [0.5, 0.6) is 0 Å². The largest absolute Gasteiger partial charge is 0.357 e. The molecular formula is C16H19N3O2. The minimum atomic E-state index is -0.382. The second kappa shape index (κ2) is 7.28. The fraction of sp³-hybridized carbons (Fsp3) is 0.250. The summed E-state index contributed by atoms with van der Waals surface area (Å²) >= 11 is 0. The first-order valence-electron chi connectivity index (χ1n) is 7.03. The number of benzene rings is 1. The molecule has 0 unspecified atom stereocenters. The van der Waals surface area contributed by atoms with Crippen LogP contribution in [0.4, 0.5) is 0 Å². The highest BCUT2D eigenvalue weighted by molar-refractivity contribution is 5.98. The first kappa shape index (κ1) is 14.8. The summed E-state index contributed by atoms with van der Waals surface area (Å²) < 4.78 is 0. The number of aromatic nitrogens is 1. The van der Waals surface area contributed by atoms with Crippen molar-refractivity contribution in [3.63, 3.8) is 0 Å². The Morgan fingerprint density at radius 3 is 2.38 bits per heavy atom. The van der Waals surface area contributed by atoms with E-state index in [2.05, 4.69) is 22.8 Å². The summed E-state index contributed by atoms with van der Waals surface area (Å²) in [7, 11) is 0. The molecular weight excluding hydrogens is 266 g/mol. The predicted octanol–water partition coefficient (Wildman–Crippen LogP) is 2.43. The van der Waals surface area contributed by atoms with Gasteiger partial charge in [0.1, 0.15) is 5.69 Å². The molecule has 5 heteroatoms. The zero-order valence-corrected chi connectivity index (χ0v) is 12.0. The van der Waals surface area contributed by atoms with Crippen molar-refractivity contribution in [1.29, 1.82) is 0 Å². The van der Waals surface area contributed by atoms with Gasteiger partial charge in [0, 0.05) is 11.8 Å². The van der Waals surface area contributed by atoms with E-state index in [-0.39, 0.29) is 11.8 Å². The van der Waals surface area contributed by atoms with E-state index in [4.69, 9.17) is 0 Å². The lowest BCUT2D eigenvalue weighted by atomic mass is 10.1. The zero-order valence-electron chi connectivity index (χ0n) is 12.0. The summed E-state index contributed by atoms with van der Waals surface area (Å²) in [5, 5.41) is 0. The van der Waals surface area contributed by atoms with Gasteiger partial charge in [-0.05, 0) is 42.7 Å². The van der Waals surface area contributed by atoms with E-state index in [0.717, 1.165) is 19.3 Å². The van der Waals surface area contributed by atoms with Gasteiger partial charge in [-0.2, -0.15) is 0 Å². The number of amides is 2. The van der Waals surface area contributed by atoms with Crippen LogP contribution in [0.25, 0.3) is 0 Å². The first-order valence-corrected chi connectivity index (χ1v) is 7.03. The van der Waals surface area contributed by atoms with E-state index >= 15 is 0 Å². The lowest BCUT2D eigenvalue weighted by Gasteiger charge is -2.07. The van der Waals surface area contributed by atoms with Gasteiger partial charge in [0.25, 0.3) is 11.8 Å². The van der Waals surface area contributed by atoms with Crippen molar-refractivity contribution >= 4 is 11.8 Å². The monoisotopic (exact) mass is 285 g/mol. The zero-order chi connectivity index (χ0) is 15.1. The molecule has 0 aliphatic rings. The Labute approximate surface area is 123 Å². The van der Waals surface area contributed by atoms with Crippen molar-refractivity contribution in [2.24, 2.45) is 0 Å². The van der Waals surface area contributed by atoms with Gasteiger partial charge >= 0.3 is 0 Å². The SMILES string of the molecule is CCCCc1ccc(C(=O)NNC(=O)c2ccc[nH]2)cc1. The Morgan fingerprint density at radius 2 is 1.76 bits per heavy atom. The first-order chi connectivity index (χ1) is 10.2. The molecule has 0 atom stereocenters. The molecule has 5 nitrogen and oxygen atoms in total. The molecule has 0 saturated heterocycles. The van der Waals surface area contributed by atoms with Crippen LogP contribution in [0.2, 0.25) is 0 Å². The minimum absolute atomic E-state index is 0.336. The maximum absolute atomic E-state index is 11.9. The maximum atomic E-state index is 11.9. The number of hydrogen-bond donors (Lipinski definition) is 3. The highest BCUT2D eigenvalue weighted by Crippen LogP contribution is 2.07. The Hall–Kier alpha value is -2.56. The molecule has 2 amide bonds. The molecule has 1 aromatic heterocycles. The van der Waals surface area contributed by atoms with Gasteiger partial charge in [-0.15, -0.1) is 0 Å². The molecule has 0 aliphatic heterocycles. The van der Waals surface area contributed by atoms with E-state index in [9.17, 15) is 9.59 Å². The molecule has 2 aromatic rings. The van der Waals surface area contributed by atoms with Crippen molar-refractivity contribution in [3.8, 4) is 0 Å². The molecule has 21 heavy (non-hydrogen) atoms. The van der Waals surface area contributed by atoms with Gasteiger partial charge in [-0.3, -0.25) is 20.4 Å². The van der Waals surface area contributed by atoms with Crippen LogP contribution < -0.4 is 10.9 Å². The van der Waals surface area contributed by atoms with Crippen LogP contribution in [-0.2, 0) is 6.42 Å². The third kappa shape index (κ3) is 4.21. The minimum Gasteiger partial charge on any atom is -0.357 e. The summed E-state index contributed by atoms with van der Waals surface area (Å²) in [6.45, 7) is 2.15. The fourth-order valence-corrected chi connectivity index (χ4v) is 1.93. The number of hydrogen-bond acceptors (Lipinski definition) is 2. The third-order valence-corrected chi connectivity index (χ3v) is 3.17. The molecule has 0 bridgehead atoms. The van der Waals surface area contributed by atoms with Crippen LogP contribution in [0.1, 0.15) is 46.2 Å². The summed E-state index contributed by atoms with van der Waals surface area (Å²) in [6.07, 6.45) is 4.94. The molecule has 0 spiro atoms. The number of hydrazine groups is 1. The van der Waals surface area contributed by atoms with E-state index < -0.39 is 0 Å². The lowest BCUT2D eigenvalue weighted by Crippen LogP contribution is -2.41. The van der Waals surface area contributed by atoms with Crippen LogP contribution >= 0.6 is 0 Å². The number of unbranched alkanes of at least 4 members (excludes halogenated alkanes) is 1. The van der Waals surface area contributed by atoms with Crippen molar-refractivity contribution in [2.75, 3.05) is 0 Å². The summed E-state index contributed by atoms with van der Waals surface area (Å²) in [5.74, 6) is -0.718. The van der Waals surface area contributed by atoms with Crippen LogP contribution in [-0.4, -0.2) is 16.8 Å². The Morgan fingerprint density at radius 1 is 1.05 bits per heavy atom. The number of H-pyrrole nitrogens is 1. The topological polar surface area (TPSA) is 74.0 Å². The normalized spacial score (nSPS) is 10.1. The van der Waals surface area contributed by atoms with Crippen molar-refractivity contribution in [3.05, 3.63) is 59.4 Å². The number of rotatable bonds is 5. The molecule has 0 aliphatic carbocycles. The fourth-order valence-electron chi connectivity index (χ4n) is 1.93. The summed E-state index contributed by atoms with van der Waals surface area (Å²) in [6, 6.07) is 10.8. The van der Waals surface area contributed by atoms with Gasteiger partial charge in [-0.1, -0.05) is 25.5 Å². The Bertz CT molecular complexity index is 588. The van der Waals surface area contributed by atoms with Crippen LogP contribution in [0.3, 0.4) is 0 Å². The Kier molecular flexibility index (Phi) is 5.15. The van der Waals surface area contributed by atoms with E-state index in [0.29, 0.717) is 11.3 Å². The molecule has 2 rings (SSSR count). The number of aryl methyl sites for hydroxylation is 1. The average Bonchev–Trinajstić information content (AvgIpc) is 3.05. The van der Waals surface area contributed by atoms with Gasteiger partial charge in [0.15, 0.2) is 0 Å². The third-order valence-electron chi connectivity index (χ3n) is 3.17. The average molecular weight is 285 g/mol. The molecule has 0 fully saturated rings. The number of nitrogens with one attached hydrogen (secondary N) is 3. The van der Waals surface area contributed by atoms with Crippen LogP contribution in [0.15, 0.2) is 42.6 Å². The highest BCUT2D eigenvalue weighted by atomic mass is 16.2. The van der Waals surface area contributed by atoms with Gasteiger partial charge in [-0.25, -0.2) is 0 Å². The van der Waals surface area contributed by atoms with E-state index in [1.165, 1.54) is 5.56 Å². The van der Waals surface area contributed by atoms with Gasteiger partial charge < -0.3 is 4.98 Å². The van der Waals surface area contributed by atoms with E-state index in [1.54, 1.807) is 30.5 Å². The highest BCUT2D eigenvalue weighted by Gasteiger charge is 2.09. The smallest absolute Gasteiger partial charge is 0.286 e. The van der Waals surface area contributed by atoms with Crippen molar-refractivity contribution in [1.82, 2.24) is 15.8 Å². The summed E-state index contributed by atoms with van der Waals surface area (Å²) in [5.41, 5.74) is 6.88. The molecule has 1 heterocycles. The molecule has 0 saturated carbocycles. The van der Waals surface area contributed by atoms with Gasteiger partial charge in [0.2, 0.25) is 0 Å².